The molecule has 30 heavy (non-hydrogen) atoms. The van der Waals surface area contributed by atoms with E-state index in [2.05, 4.69) is 24.7 Å². The number of nitrogens with zero attached hydrogens (tertiary/aromatic N) is 6. The zero-order valence-electron chi connectivity index (χ0n) is 16.1. The van der Waals surface area contributed by atoms with Crippen LogP contribution < -0.4 is 0 Å². The highest BCUT2D eigenvalue weighted by atomic mass is 19.4. The molecule has 0 radical (unpaired) electrons. The second-order valence-corrected chi connectivity index (χ2v) is 7.09. The number of halogens is 3. The average molecular weight is 420 g/mol. The molecule has 0 unspecified atom stereocenters. The summed E-state index contributed by atoms with van der Waals surface area (Å²) in [4.78, 5) is 20.1. The molecule has 1 aliphatic heterocycles. The third-order valence-electron chi connectivity index (χ3n) is 4.88. The lowest BCUT2D eigenvalue weighted by molar-refractivity contribution is -0.159. The van der Waals surface area contributed by atoms with Crippen LogP contribution >= 0.6 is 0 Å². The molecule has 0 spiro atoms. The molecule has 0 atom stereocenters. The first-order valence-electron chi connectivity index (χ1n) is 9.30. The van der Waals surface area contributed by atoms with Crippen LogP contribution in [0.1, 0.15) is 21.8 Å². The summed E-state index contributed by atoms with van der Waals surface area (Å²) in [5.74, 6) is -1.70. The Bertz CT molecular complexity index is 1020. The van der Waals surface area contributed by atoms with Crippen molar-refractivity contribution in [2.24, 2.45) is 7.05 Å². The molecular formula is C19H19F3N6O2. The standard InChI is InChI=1S/C19H19F3N6O2/c1-26-11-13(10-23-26)12-27-6-8-28(9-7-27)17(29)15-4-2-14(3-5-15)16-24-18(30-25-16)19(20,21)22/h2-5,10-11H,6-9,12H2,1H3. The van der Waals surface area contributed by atoms with Gasteiger partial charge < -0.3 is 9.42 Å². The number of amides is 1. The summed E-state index contributed by atoms with van der Waals surface area (Å²) in [5.41, 5.74) is 1.93. The van der Waals surface area contributed by atoms with Crippen LogP contribution in [0.15, 0.2) is 41.2 Å². The summed E-state index contributed by atoms with van der Waals surface area (Å²) in [6.07, 6.45) is -0.888. The molecule has 1 saturated heterocycles. The van der Waals surface area contributed by atoms with Gasteiger partial charge >= 0.3 is 12.1 Å². The summed E-state index contributed by atoms with van der Waals surface area (Å²) in [7, 11) is 1.87. The molecule has 0 bridgehead atoms. The van der Waals surface area contributed by atoms with Crippen molar-refractivity contribution in [3.8, 4) is 11.4 Å². The van der Waals surface area contributed by atoms with Gasteiger partial charge in [-0.3, -0.25) is 14.4 Å². The highest BCUT2D eigenvalue weighted by Gasteiger charge is 2.38. The van der Waals surface area contributed by atoms with Crippen molar-refractivity contribution in [2.45, 2.75) is 12.7 Å². The summed E-state index contributed by atoms with van der Waals surface area (Å²) in [6, 6.07) is 6.14. The Kier molecular flexibility index (Phi) is 5.29. The maximum Gasteiger partial charge on any atom is 0.471 e. The average Bonchev–Trinajstić information content (AvgIpc) is 3.37. The first-order chi connectivity index (χ1) is 14.3. The first-order valence-corrected chi connectivity index (χ1v) is 9.30. The fourth-order valence-corrected chi connectivity index (χ4v) is 3.32. The van der Waals surface area contributed by atoms with E-state index >= 15 is 0 Å². The number of benzene rings is 1. The Morgan fingerprint density at radius 2 is 1.83 bits per heavy atom. The second kappa shape index (κ2) is 7.90. The van der Waals surface area contributed by atoms with E-state index in [1.54, 1.807) is 21.7 Å². The van der Waals surface area contributed by atoms with Crippen LogP contribution in [0, 0.1) is 0 Å². The largest absolute Gasteiger partial charge is 0.471 e. The molecule has 1 amide bonds. The quantitative estimate of drug-likeness (QED) is 0.645. The normalized spacial score (nSPS) is 15.5. The summed E-state index contributed by atoms with van der Waals surface area (Å²) in [6.45, 7) is 3.49. The molecule has 0 N–H and O–H groups in total. The molecule has 4 rings (SSSR count). The minimum absolute atomic E-state index is 0.119. The Morgan fingerprint density at radius 3 is 2.40 bits per heavy atom. The highest BCUT2D eigenvalue weighted by Crippen LogP contribution is 2.29. The van der Waals surface area contributed by atoms with Crippen LogP contribution in [0.4, 0.5) is 13.2 Å². The maximum atomic E-state index is 12.7. The van der Waals surface area contributed by atoms with Gasteiger partial charge in [0.25, 0.3) is 5.91 Å². The van der Waals surface area contributed by atoms with E-state index in [1.807, 2.05) is 19.4 Å². The minimum atomic E-state index is -4.69. The van der Waals surface area contributed by atoms with E-state index in [-0.39, 0.29) is 11.7 Å². The van der Waals surface area contributed by atoms with E-state index in [4.69, 9.17) is 0 Å². The molecule has 2 aromatic heterocycles. The Hall–Kier alpha value is -3.21. The Labute approximate surface area is 169 Å². The van der Waals surface area contributed by atoms with E-state index in [9.17, 15) is 18.0 Å². The van der Waals surface area contributed by atoms with Crippen LogP contribution in [0.3, 0.4) is 0 Å². The SMILES string of the molecule is Cn1cc(CN2CCN(C(=O)c3ccc(-c4noc(C(F)(F)F)n4)cc3)CC2)cn1. The third-order valence-corrected chi connectivity index (χ3v) is 4.88. The van der Waals surface area contributed by atoms with E-state index in [1.165, 1.54) is 12.1 Å². The molecule has 1 aromatic carbocycles. The van der Waals surface area contributed by atoms with Gasteiger partial charge in [0, 0.05) is 62.7 Å². The van der Waals surface area contributed by atoms with E-state index < -0.39 is 12.1 Å². The second-order valence-electron chi connectivity index (χ2n) is 7.09. The topological polar surface area (TPSA) is 80.3 Å². The molecule has 158 valence electrons. The van der Waals surface area contributed by atoms with Gasteiger partial charge in [0.05, 0.1) is 6.20 Å². The number of alkyl halides is 3. The number of carbonyl (C=O) groups is 1. The van der Waals surface area contributed by atoms with Crippen LogP contribution in [-0.4, -0.2) is 61.8 Å². The molecule has 1 aliphatic rings. The van der Waals surface area contributed by atoms with Crippen molar-refractivity contribution >= 4 is 5.91 Å². The monoisotopic (exact) mass is 420 g/mol. The summed E-state index contributed by atoms with van der Waals surface area (Å²) in [5, 5.41) is 7.51. The molecule has 0 saturated carbocycles. The Balaban J connectivity index is 1.35. The number of aromatic nitrogens is 4. The first kappa shape index (κ1) is 20.1. The number of piperazine rings is 1. The summed E-state index contributed by atoms with van der Waals surface area (Å²) < 4.78 is 43.8. The van der Waals surface area contributed by atoms with Crippen molar-refractivity contribution in [2.75, 3.05) is 26.2 Å². The van der Waals surface area contributed by atoms with Crippen molar-refractivity contribution in [3.05, 3.63) is 53.7 Å². The molecule has 0 aliphatic carbocycles. The molecule has 3 heterocycles. The fraction of sp³-hybridized carbons (Fsp3) is 0.368. The molecule has 8 nitrogen and oxygen atoms in total. The summed E-state index contributed by atoms with van der Waals surface area (Å²) >= 11 is 0. The number of aryl methyl sites for hydroxylation is 1. The zero-order chi connectivity index (χ0) is 21.3. The number of rotatable bonds is 4. The van der Waals surface area contributed by atoms with Crippen LogP contribution in [0.5, 0.6) is 0 Å². The number of hydrogen-bond donors (Lipinski definition) is 0. The van der Waals surface area contributed by atoms with Crippen molar-refractivity contribution < 1.29 is 22.5 Å². The number of hydrogen-bond acceptors (Lipinski definition) is 6. The van der Waals surface area contributed by atoms with Gasteiger partial charge in [0.2, 0.25) is 5.82 Å². The van der Waals surface area contributed by atoms with E-state index in [0.717, 1.165) is 25.2 Å². The maximum absolute atomic E-state index is 12.7. The van der Waals surface area contributed by atoms with Crippen molar-refractivity contribution in [3.63, 3.8) is 0 Å². The fourth-order valence-electron chi connectivity index (χ4n) is 3.32. The lowest BCUT2D eigenvalue weighted by atomic mass is 10.1. The predicted octanol–water partition coefficient (Wildman–Crippen LogP) is 2.45. The lowest BCUT2D eigenvalue weighted by Gasteiger charge is -2.34. The van der Waals surface area contributed by atoms with Gasteiger partial charge in [-0.2, -0.15) is 23.3 Å². The van der Waals surface area contributed by atoms with Gasteiger partial charge in [-0.15, -0.1) is 0 Å². The molecular weight excluding hydrogens is 401 g/mol. The molecule has 11 heteroatoms. The van der Waals surface area contributed by atoms with Crippen LogP contribution in [-0.2, 0) is 19.8 Å². The van der Waals surface area contributed by atoms with Crippen molar-refractivity contribution in [1.82, 2.24) is 29.7 Å². The minimum Gasteiger partial charge on any atom is -0.336 e. The smallest absolute Gasteiger partial charge is 0.336 e. The lowest BCUT2D eigenvalue weighted by Crippen LogP contribution is -2.48. The van der Waals surface area contributed by atoms with Crippen LogP contribution in [0.2, 0.25) is 0 Å². The van der Waals surface area contributed by atoms with E-state index in [0.29, 0.717) is 24.2 Å². The highest BCUT2D eigenvalue weighted by molar-refractivity contribution is 5.94. The van der Waals surface area contributed by atoms with Crippen molar-refractivity contribution in [1.29, 1.82) is 0 Å². The third kappa shape index (κ3) is 4.35. The van der Waals surface area contributed by atoms with Gasteiger partial charge in [0.15, 0.2) is 0 Å². The van der Waals surface area contributed by atoms with Gasteiger partial charge in [-0.1, -0.05) is 17.3 Å². The molecule has 1 fully saturated rings. The van der Waals surface area contributed by atoms with Crippen LogP contribution in [0.25, 0.3) is 11.4 Å². The van der Waals surface area contributed by atoms with Gasteiger partial charge in [-0.05, 0) is 12.1 Å². The molecule has 3 aromatic rings. The van der Waals surface area contributed by atoms with Gasteiger partial charge in [-0.25, -0.2) is 0 Å². The van der Waals surface area contributed by atoms with Gasteiger partial charge in [0.1, 0.15) is 0 Å². The Morgan fingerprint density at radius 1 is 1.13 bits per heavy atom. The zero-order valence-corrected chi connectivity index (χ0v) is 16.1. The predicted molar refractivity (Wildman–Crippen MR) is 99.1 cm³/mol. The number of carbonyl (C=O) groups excluding carboxylic acids is 1.